The summed E-state index contributed by atoms with van der Waals surface area (Å²) < 4.78 is 33.3. The van der Waals surface area contributed by atoms with E-state index in [9.17, 15) is 23.3 Å². The van der Waals surface area contributed by atoms with Gasteiger partial charge in [-0.2, -0.15) is 4.94 Å². The molecule has 234 valence electrons. The van der Waals surface area contributed by atoms with Crippen molar-refractivity contribution in [2.75, 3.05) is 26.3 Å². The molecular weight excluding hydrogens is 558 g/mol. The molecule has 1 unspecified atom stereocenters. The average Bonchev–Trinajstić information content (AvgIpc) is 3.58. The first-order valence-corrected chi connectivity index (χ1v) is 14.6. The van der Waals surface area contributed by atoms with E-state index in [4.69, 9.17) is 4.74 Å². The molecule has 0 spiro atoms. The third-order valence-electron chi connectivity index (χ3n) is 8.06. The van der Waals surface area contributed by atoms with E-state index in [2.05, 4.69) is 28.8 Å². The maximum Gasteiger partial charge on any atom is 0.409 e. The summed E-state index contributed by atoms with van der Waals surface area (Å²) in [6, 6.07) is 3.36. The SMILES string of the molecule is C=Cc1c(/C=C(\C)c2ccc(C(C)=O)c(C)c2F)nnn1C1CCN(C(=O)OCC2(C)CC2)CC1.CC(CC=O)COF. The number of amides is 1. The second kappa shape index (κ2) is 15.1. The molecule has 0 bridgehead atoms. The van der Waals surface area contributed by atoms with Crippen LogP contribution in [0.4, 0.5) is 13.7 Å². The summed E-state index contributed by atoms with van der Waals surface area (Å²) in [5.41, 5.74) is 3.35. The minimum Gasteiger partial charge on any atom is -0.449 e. The van der Waals surface area contributed by atoms with Crippen molar-refractivity contribution in [2.24, 2.45) is 11.3 Å². The predicted octanol–water partition coefficient (Wildman–Crippen LogP) is 6.82. The first-order valence-electron chi connectivity index (χ1n) is 14.6. The van der Waals surface area contributed by atoms with Gasteiger partial charge in [-0.3, -0.25) is 4.79 Å². The number of carbonyl (C=O) groups is 3. The van der Waals surface area contributed by atoms with Crippen LogP contribution in [0.1, 0.15) is 98.7 Å². The van der Waals surface area contributed by atoms with Crippen molar-refractivity contribution in [2.45, 2.75) is 72.8 Å². The number of allylic oxidation sites excluding steroid dienone is 1. The van der Waals surface area contributed by atoms with Gasteiger partial charge in [-0.25, -0.2) is 13.9 Å². The molecule has 0 N–H and O–H groups in total. The largest absolute Gasteiger partial charge is 0.449 e. The Bertz CT molecular complexity index is 1340. The molecule has 11 heteroatoms. The van der Waals surface area contributed by atoms with Crippen molar-refractivity contribution in [1.82, 2.24) is 19.9 Å². The van der Waals surface area contributed by atoms with E-state index >= 15 is 0 Å². The standard InChI is InChI=1S/C27H33FN4O3.C5H9FO2/c1-6-24-23(15-17(2)21-7-8-22(19(4)33)18(3)25(21)28)29-30-32(24)20-9-13-31(14-10-20)26(34)35-16-27(5)11-12-27;1-5(2-3-7)4-8-6/h6-8,15,20H,1,9-14,16H2,2-5H3;3,5H,2,4H2,1H3/b17-15+;. The summed E-state index contributed by atoms with van der Waals surface area (Å²) in [6.07, 6.45) is 8.07. The zero-order valence-electron chi connectivity index (χ0n) is 25.7. The molecule has 0 radical (unpaired) electrons. The van der Waals surface area contributed by atoms with Crippen LogP contribution in [0.3, 0.4) is 0 Å². The van der Waals surface area contributed by atoms with Crippen molar-refractivity contribution >= 4 is 35.9 Å². The maximum absolute atomic E-state index is 15.0. The van der Waals surface area contributed by atoms with E-state index in [1.165, 1.54) is 6.92 Å². The monoisotopic (exact) mass is 600 g/mol. The predicted molar refractivity (Wildman–Crippen MR) is 160 cm³/mol. The van der Waals surface area contributed by atoms with Crippen LogP contribution in [0.2, 0.25) is 0 Å². The molecule has 1 atom stereocenters. The van der Waals surface area contributed by atoms with Gasteiger partial charge in [0.1, 0.15) is 17.8 Å². The summed E-state index contributed by atoms with van der Waals surface area (Å²) in [5.74, 6) is -0.575. The highest BCUT2D eigenvalue weighted by atomic mass is 19.3. The molecule has 1 saturated heterocycles. The Hall–Kier alpha value is -3.73. The number of likely N-dealkylation sites (tertiary alicyclic amines) is 1. The summed E-state index contributed by atoms with van der Waals surface area (Å²) >= 11 is 0. The van der Waals surface area contributed by atoms with Gasteiger partial charge in [0.25, 0.3) is 0 Å². The van der Waals surface area contributed by atoms with Crippen molar-refractivity contribution in [3.8, 4) is 0 Å². The Morgan fingerprint density at radius 1 is 1.21 bits per heavy atom. The zero-order chi connectivity index (χ0) is 31.7. The second-order valence-electron chi connectivity index (χ2n) is 11.9. The average molecular weight is 601 g/mol. The van der Waals surface area contributed by atoms with Crippen LogP contribution in [0.15, 0.2) is 18.7 Å². The number of ketones is 1. The number of hydrogen-bond acceptors (Lipinski definition) is 7. The molecule has 2 aliphatic rings. The Kier molecular flexibility index (Phi) is 11.9. The molecule has 1 aliphatic carbocycles. The Labute approximate surface area is 251 Å². The van der Waals surface area contributed by atoms with E-state index in [0.29, 0.717) is 54.1 Å². The van der Waals surface area contributed by atoms with Gasteiger partial charge in [0.05, 0.1) is 24.9 Å². The molecule has 1 amide bonds. The molecule has 4 rings (SSSR count). The summed E-state index contributed by atoms with van der Waals surface area (Å²) in [7, 11) is 0. The number of nitrogens with zero attached hydrogens (tertiary/aromatic N) is 4. The van der Waals surface area contributed by atoms with Crippen molar-refractivity contribution in [1.29, 1.82) is 0 Å². The fourth-order valence-electron chi connectivity index (χ4n) is 4.86. The molecule has 9 nitrogen and oxygen atoms in total. The van der Waals surface area contributed by atoms with Crippen LogP contribution < -0.4 is 0 Å². The molecule has 2 fully saturated rings. The van der Waals surface area contributed by atoms with Gasteiger partial charge in [0.15, 0.2) is 5.78 Å². The minimum atomic E-state index is -0.408. The fourth-order valence-corrected chi connectivity index (χ4v) is 4.86. The Morgan fingerprint density at radius 3 is 2.42 bits per heavy atom. The molecule has 2 heterocycles. The minimum absolute atomic E-state index is 0.00231. The first-order chi connectivity index (χ1) is 20.4. The van der Waals surface area contributed by atoms with Gasteiger partial charge in [0, 0.05) is 36.1 Å². The highest BCUT2D eigenvalue weighted by Crippen LogP contribution is 2.45. The van der Waals surface area contributed by atoms with E-state index < -0.39 is 5.82 Å². The second-order valence-corrected chi connectivity index (χ2v) is 11.9. The van der Waals surface area contributed by atoms with E-state index in [1.54, 1.807) is 43.0 Å². The summed E-state index contributed by atoms with van der Waals surface area (Å²) in [6.45, 7) is 14.4. The normalized spacial score (nSPS) is 17.0. The van der Waals surface area contributed by atoms with Crippen LogP contribution >= 0.6 is 0 Å². The lowest BCUT2D eigenvalue weighted by molar-refractivity contribution is -0.145. The van der Waals surface area contributed by atoms with Gasteiger partial charge >= 0.3 is 6.09 Å². The van der Waals surface area contributed by atoms with Crippen LogP contribution in [0.25, 0.3) is 17.7 Å². The van der Waals surface area contributed by atoms with Crippen LogP contribution in [-0.4, -0.2) is 64.4 Å². The van der Waals surface area contributed by atoms with E-state index in [1.807, 2.05) is 11.6 Å². The fraction of sp³-hybridized carbons (Fsp3) is 0.531. The lowest BCUT2D eigenvalue weighted by Crippen LogP contribution is -2.40. The zero-order valence-corrected chi connectivity index (χ0v) is 25.7. The van der Waals surface area contributed by atoms with Crippen molar-refractivity contribution in [3.63, 3.8) is 0 Å². The third-order valence-corrected chi connectivity index (χ3v) is 8.06. The van der Waals surface area contributed by atoms with Gasteiger partial charge in [-0.05, 0) is 80.2 Å². The summed E-state index contributed by atoms with van der Waals surface area (Å²) in [5, 5.41) is 8.69. The number of Topliss-reactive ketones (excluding diaryl/α,β-unsaturated/α-hetero) is 1. The summed E-state index contributed by atoms with van der Waals surface area (Å²) in [4.78, 5) is 38.9. The first kappa shape index (κ1) is 33.8. The molecule has 43 heavy (non-hydrogen) atoms. The van der Waals surface area contributed by atoms with Crippen LogP contribution in [0.5, 0.6) is 0 Å². The number of carbonyl (C=O) groups excluding carboxylic acids is 3. The van der Waals surface area contributed by atoms with Crippen molar-refractivity contribution in [3.05, 3.63) is 52.6 Å². The van der Waals surface area contributed by atoms with Gasteiger partial charge in [-0.1, -0.05) is 37.8 Å². The number of aldehydes is 1. The lowest BCUT2D eigenvalue weighted by atomic mass is 9.97. The van der Waals surface area contributed by atoms with Gasteiger partial charge < -0.3 is 14.4 Å². The number of rotatable bonds is 11. The molecular formula is C32H42F2N4O5. The number of piperidine rings is 1. The number of ether oxygens (including phenoxy) is 1. The highest BCUT2D eigenvalue weighted by Gasteiger charge is 2.39. The van der Waals surface area contributed by atoms with Gasteiger partial charge in [0.2, 0.25) is 0 Å². The lowest BCUT2D eigenvalue weighted by Gasteiger charge is -2.31. The molecule has 2 aromatic rings. The quantitative estimate of drug-likeness (QED) is 0.206. The number of hydrogen-bond donors (Lipinski definition) is 0. The molecule has 1 aromatic carbocycles. The number of benzene rings is 1. The number of aromatic nitrogens is 3. The topological polar surface area (TPSA) is 104 Å². The third kappa shape index (κ3) is 8.89. The molecule has 1 aromatic heterocycles. The highest BCUT2D eigenvalue weighted by molar-refractivity contribution is 5.96. The number of halogens is 2. The van der Waals surface area contributed by atoms with Gasteiger partial charge in [-0.15, -0.1) is 5.10 Å². The Morgan fingerprint density at radius 2 is 1.86 bits per heavy atom. The maximum atomic E-state index is 15.0. The van der Waals surface area contributed by atoms with Crippen molar-refractivity contribution < 1.29 is 33.0 Å². The van der Waals surface area contributed by atoms with Crippen LogP contribution in [0, 0.1) is 24.1 Å². The van der Waals surface area contributed by atoms with Crippen LogP contribution in [-0.2, 0) is 14.5 Å². The molecule has 1 saturated carbocycles. The van der Waals surface area contributed by atoms with E-state index in [0.717, 1.165) is 37.7 Å². The van der Waals surface area contributed by atoms with E-state index in [-0.39, 0.29) is 35.9 Å². The smallest absolute Gasteiger partial charge is 0.409 e. The molecule has 1 aliphatic heterocycles. The Balaban J connectivity index is 0.000000557.